The molecule has 2 aromatic rings. The first kappa shape index (κ1) is 15.9. The van der Waals surface area contributed by atoms with Gasteiger partial charge in [-0.15, -0.1) is 11.3 Å². The maximum atomic E-state index is 14.2. The van der Waals surface area contributed by atoms with Crippen molar-refractivity contribution in [3.8, 4) is 0 Å². The molecule has 1 unspecified atom stereocenters. The largest absolute Gasteiger partial charge is 0.306 e. The van der Waals surface area contributed by atoms with Crippen molar-refractivity contribution in [3.63, 3.8) is 0 Å². The summed E-state index contributed by atoms with van der Waals surface area (Å²) in [4.78, 5) is 0. The van der Waals surface area contributed by atoms with E-state index in [1.807, 2.05) is 18.4 Å². The Bertz CT molecular complexity index is 598. The second-order valence-electron chi connectivity index (χ2n) is 4.69. The van der Waals surface area contributed by atoms with E-state index in [1.165, 1.54) is 12.1 Å². The van der Waals surface area contributed by atoms with Crippen molar-refractivity contribution >= 4 is 33.9 Å². The number of halogens is 3. The number of rotatable bonds is 5. The van der Waals surface area contributed by atoms with Gasteiger partial charge >= 0.3 is 0 Å². The quantitative estimate of drug-likeness (QED) is 0.686. The smallest absolute Gasteiger partial charge is 0.128 e. The van der Waals surface area contributed by atoms with Crippen LogP contribution in [0.3, 0.4) is 0 Å². The molecule has 0 amide bonds. The van der Waals surface area contributed by atoms with E-state index in [0.29, 0.717) is 11.1 Å². The molecule has 1 N–H and O–H groups in total. The maximum absolute atomic E-state index is 14.2. The van der Waals surface area contributed by atoms with Crippen molar-refractivity contribution in [2.45, 2.75) is 26.3 Å². The summed E-state index contributed by atoms with van der Waals surface area (Å²) in [6, 6.07) is 4.28. The molecule has 1 aromatic carbocycles. The first-order valence-corrected chi connectivity index (χ1v) is 8.41. The third-order valence-corrected chi connectivity index (χ3v) is 4.92. The SMILES string of the molecule is CCCNC(c1csc(I)c1)c1cc(F)c(C)cc1F. The Hall–Kier alpha value is -0.530. The summed E-state index contributed by atoms with van der Waals surface area (Å²) in [5.74, 6) is -0.728. The number of nitrogens with one attached hydrogen (secondary N) is 1. The molecule has 0 bridgehead atoms. The molecule has 108 valence electrons. The number of thiophene rings is 1. The molecule has 0 aliphatic carbocycles. The maximum Gasteiger partial charge on any atom is 0.128 e. The van der Waals surface area contributed by atoms with Crippen LogP contribution in [0.5, 0.6) is 0 Å². The van der Waals surface area contributed by atoms with E-state index in [0.717, 1.165) is 21.4 Å². The molecular formula is C15H16F2INS. The Morgan fingerprint density at radius 2 is 2.00 bits per heavy atom. The van der Waals surface area contributed by atoms with E-state index in [2.05, 4.69) is 27.9 Å². The van der Waals surface area contributed by atoms with Gasteiger partial charge < -0.3 is 5.32 Å². The van der Waals surface area contributed by atoms with Gasteiger partial charge in [0.2, 0.25) is 0 Å². The van der Waals surface area contributed by atoms with Crippen LogP contribution >= 0.6 is 33.9 Å². The van der Waals surface area contributed by atoms with Gasteiger partial charge in [-0.05, 0) is 77.2 Å². The second kappa shape index (κ2) is 6.95. The van der Waals surface area contributed by atoms with Gasteiger partial charge in [0.25, 0.3) is 0 Å². The highest BCUT2D eigenvalue weighted by Gasteiger charge is 2.20. The third-order valence-electron chi connectivity index (χ3n) is 3.11. The van der Waals surface area contributed by atoms with Gasteiger partial charge in [0.15, 0.2) is 0 Å². The van der Waals surface area contributed by atoms with E-state index in [-0.39, 0.29) is 17.7 Å². The summed E-state index contributed by atoms with van der Waals surface area (Å²) in [7, 11) is 0. The van der Waals surface area contributed by atoms with Crippen molar-refractivity contribution in [1.82, 2.24) is 5.32 Å². The van der Waals surface area contributed by atoms with E-state index in [1.54, 1.807) is 18.3 Å². The molecule has 5 heteroatoms. The Morgan fingerprint density at radius 3 is 2.60 bits per heavy atom. The van der Waals surface area contributed by atoms with Crippen LogP contribution in [-0.2, 0) is 0 Å². The number of aryl methyl sites for hydroxylation is 1. The zero-order valence-corrected chi connectivity index (χ0v) is 14.3. The van der Waals surface area contributed by atoms with Crippen molar-refractivity contribution in [3.05, 3.63) is 54.8 Å². The van der Waals surface area contributed by atoms with Crippen LogP contribution < -0.4 is 5.32 Å². The predicted molar refractivity (Wildman–Crippen MR) is 88.3 cm³/mol. The van der Waals surface area contributed by atoms with Gasteiger partial charge in [-0.25, -0.2) is 8.78 Å². The lowest BCUT2D eigenvalue weighted by molar-refractivity contribution is 0.533. The molecular weight excluding hydrogens is 391 g/mol. The molecule has 0 saturated heterocycles. The fourth-order valence-electron chi connectivity index (χ4n) is 2.05. The lowest BCUT2D eigenvalue weighted by Crippen LogP contribution is -2.24. The minimum atomic E-state index is -0.366. The zero-order valence-electron chi connectivity index (χ0n) is 11.3. The predicted octanol–water partition coefficient (Wildman–Crippen LogP) is 5.03. The standard InChI is InChI=1S/C15H16F2INS/c1-3-4-19-15(10-6-14(18)20-8-10)11-7-12(16)9(2)5-13(11)17/h5-8,15,19H,3-4H2,1-2H3. The molecule has 0 spiro atoms. The van der Waals surface area contributed by atoms with E-state index in [4.69, 9.17) is 0 Å². The van der Waals surface area contributed by atoms with Crippen molar-refractivity contribution in [2.75, 3.05) is 6.54 Å². The van der Waals surface area contributed by atoms with Crippen molar-refractivity contribution < 1.29 is 8.78 Å². The highest BCUT2D eigenvalue weighted by Crippen LogP contribution is 2.30. The van der Waals surface area contributed by atoms with Crippen LogP contribution in [0.15, 0.2) is 23.6 Å². The van der Waals surface area contributed by atoms with Crippen LogP contribution in [0, 0.1) is 21.4 Å². The fraction of sp³-hybridized carbons (Fsp3) is 0.333. The normalized spacial score (nSPS) is 12.7. The average Bonchev–Trinajstić information content (AvgIpc) is 2.82. The Balaban J connectivity index is 2.43. The van der Waals surface area contributed by atoms with Gasteiger partial charge in [0.1, 0.15) is 11.6 Å². The van der Waals surface area contributed by atoms with E-state index in [9.17, 15) is 8.78 Å². The molecule has 1 nitrogen and oxygen atoms in total. The van der Waals surface area contributed by atoms with Crippen LogP contribution in [0.25, 0.3) is 0 Å². The van der Waals surface area contributed by atoms with Gasteiger partial charge in [-0.1, -0.05) is 6.92 Å². The van der Waals surface area contributed by atoms with E-state index < -0.39 is 0 Å². The fourth-order valence-corrected chi connectivity index (χ4v) is 3.45. The molecule has 0 aliphatic heterocycles. The second-order valence-corrected chi connectivity index (χ2v) is 7.50. The van der Waals surface area contributed by atoms with Crippen molar-refractivity contribution in [2.24, 2.45) is 0 Å². The topological polar surface area (TPSA) is 12.0 Å². The van der Waals surface area contributed by atoms with Crippen LogP contribution in [0.4, 0.5) is 8.78 Å². The highest BCUT2D eigenvalue weighted by atomic mass is 127. The molecule has 2 rings (SSSR count). The Kier molecular flexibility index (Phi) is 5.51. The first-order valence-electron chi connectivity index (χ1n) is 6.45. The van der Waals surface area contributed by atoms with Crippen LogP contribution in [0.1, 0.15) is 36.1 Å². The number of hydrogen-bond donors (Lipinski definition) is 1. The van der Waals surface area contributed by atoms with Gasteiger partial charge in [0.05, 0.1) is 8.93 Å². The lowest BCUT2D eigenvalue weighted by Gasteiger charge is -2.19. The molecule has 1 atom stereocenters. The third kappa shape index (κ3) is 3.56. The number of benzene rings is 1. The average molecular weight is 407 g/mol. The molecule has 1 aromatic heterocycles. The van der Waals surface area contributed by atoms with Crippen molar-refractivity contribution in [1.29, 1.82) is 0 Å². The summed E-state index contributed by atoms with van der Waals surface area (Å²) in [5.41, 5.74) is 1.69. The zero-order chi connectivity index (χ0) is 14.7. The molecule has 0 aliphatic rings. The van der Waals surface area contributed by atoms with Crippen LogP contribution in [0.2, 0.25) is 0 Å². The Morgan fingerprint density at radius 1 is 1.25 bits per heavy atom. The summed E-state index contributed by atoms with van der Waals surface area (Å²) in [6.45, 7) is 4.38. The number of hydrogen-bond acceptors (Lipinski definition) is 2. The van der Waals surface area contributed by atoms with E-state index >= 15 is 0 Å². The summed E-state index contributed by atoms with van der Waals surface area (Å²) in [5, 5.41) is 5.29. The van der Waals surface area contributed by atoms with Gasteiger partial charge in [-0.3, -0.25) is 0 Å². The molecule has 0 saturated carbocycles. The minimum Gasteiger partial charge on any atom is -0.306 e. The lowest BCUT2D eigenvalue weighted by atomic mass is 9.99. The summed E-state index contributed by atoms with van der Waals surface area (Å²) in [6.07, 6.45) is 0.938. The molecule has 20 heavy (non-hydrogen) atoms. The minimum absolute atomic E-state index is 0.301. The van der Waals surface area contributed by atoms with Gasteiger partial charge in [0, 0.05) is 5.56 Å². The summed E-state index contributed by atoms with van der Waals surface area (Å²) < 4.78 is 29.1. The monoisotopic (exact) mass is 407 g/mol. The Labute approximate surface area is 135 Å². The molecule has 1 heterocycles. The molecule has 0 radical (unpaired) electrons. The molecule has 0 fully saturated rings. The van der Waals surface area contributed by atoms with Gasteiger partial charge in [-0.2, -0.15) is 0 Å². The summed E-state index contributed by atoms with van der Waals surface area (Å²) >= 11 is 3.84. The first-order chi connectivity index (χ1) is 9.52. The highest BCUT2D eigenvalue weighted by molar-refractivity contribution is 14.1. The van der Waals surface area contributed by atoms with Crippen LogP contribution in [-0.4, -0.2) is 6.54 Å².